The van der Waals surface area contributed by atoms with E-state index in [0.717, 1.165) is 28.9 Å². The van der Waals surface area contributed by atoms with Crippen molar-refractivity contribution in [1.29, 1.82) is 0 Å². The van der Waals surface area contributed by atoms with Crippen molar-refractivity contribution in [2.24, 2.45) is 0 Å². The van der Waals surface area contributed by atoms with Gasteiger partial charge in [0.25, 0.3) is 5.91 Å². The van der Waals surface area contributed by atoms with E-state index < -0.39 is 10.0 Å². The van der Waals surface area contributed by atoms with Crippen LogP contribution in [0.3, 0.4) is 0 Å². The van der Waals surface area contributed by atoms with Crippen molar-refractivity contribution in [3.8, 4) is 16.9 Å². The number of rotatable bonds is 11. The van der Waals surface area contributed by atoms with Gasteiger partial charge in [-0.3, -0.25) is 9.52 Å². The van der Waals surface area contributed by atoms with Crippen molar-refractivity contribution in [3.05, 3.63) is 77.4 Å². The number of amides is 1. The summed E-state index contributed by atoms with van der Waals surface area (Å²) < 4.78 is 42.4. The largest absolute Gasteiger partial charge is 0.465 e. The quantitative estimate of drug-likeness (QED) is 0.279. The Labute approximate surface area is 223 Å². The van der Waals surface area contributed by atoms with E-state index in [9.17, 15) is 13.2 Å². The van der Waals surface area contributed by atoms with Crippen LogP contribution in [0.1, 0.15) is 40.2 Å². The average molecular weight is 537 g/mol. The SMILES string of the molecule is COCCOCOc1ccc(N2CCc3cc(-c4ccc(C5CC5)cc4)ccc3C2=O)cc1NS(C)(=O)=O. The van der Waals surface area contributed by atoms with Crippen LogP contribution in [0.25, 0.3) is 11.1 Å². The third-order valence-electron chi connectivity index (χ3n) is 6.78. The first kappa shape index (κ1) is 26.2. The lowest BCUT2D eigenvalue weighted by atomic mass is 9.93. The number of ether oxygens (including phenoxy) is 3. The highest BCUT2D eigenvalue weighted by molar-refractivity contribution is 7.92. The van der Waals surface area contributed by atoms with Crippen LogP contribution in [0.15, 0.2) is 60.7 Å². The Morgan fingerprint density at radius 3 is 2.45 bits per heavy atom. The van der Waals surface area contributed by atoms with Crippen molar-refractivity contribution < 1.29 is 27.4 Å². The van der Waals surface area contributed by atoms with E-state index in [4.69, 9.17) is 14.2 Å². The molecule has 0 radical (unpaired) electrons. The average Bonchev–Trinajstić information content (AvgIpc) is 3.74. The van der Waals surface area contributed by atoms with Gasteiger partial charge in [-0.2, -0.15) is 0 Å². The van der Waals surface area contributed by atoms with Crippen molar-refractivity contribution in [2.45, 2.75) is 25.2 Å². The highest BCUT2D eigenvalue weighted by Gasteiger charge is 2.27. The first-order valence-corrected chi connectivity index (χ1v) is 14.6. The number of methoxy groups -OCH3 is 1. The second kappa shape index (κ2) is 11.1. The van der Waals surface area contributed by atoms with Gasteiger partial charge in [0.05, 0.1) is 25.2 Å². The zero-order valence-electron chi connectivity index (χ0n) is 21.6. The van der Waals surface area contributed by atoms with Gasteiger partial charge in [-0.05, 0) is 71.7 Å². The monoisotopic (exact) mass is 536 g/mol. The van der Waals surface area contributed by atoms with Gasteiger partial charge in [-0.25, -0.2) is 8.42 Å². The van der Waals surface area contributed by atoms with Crippen molar-refractivity contribution in [3.63, 3.8) is 0 Å². The van der Waals surface area contributed by atoms with E-state index in [-0.39, 0.29) is 18.4 Å². The smallest absolute Gasteiger partial charge is 0.258 e. The molecule has 2 aliphatic rings. The Balaban J connectivity index is 1.34. The highest BCUT2D eigenvalue weighted by atomic mass is 32.2. The van der Waals surface area contributed by atoms with Gasteiger partial charge in [-0.1, -0.05) is 36.4 Å². The number of sulfonamides is 1. The van der Waals surface area contributed by atoms with Gasteiger partial charge in [0.1, 0.15) is 5.75 Å². The Hall–Kier alpha value is -3.40. The zero-order chi connectivity index (χ0) is 26.7. The van der Waals surface area contributed by atoms with E-state index in [1.807, 2.05) is 12.1 Å². The molecule has 200 valence electrons. The molecule has 0 aromatic heterocycles. The second-order valence-corrected chi connectivity index (χ2v) is 11.4. The molecule has 0 spiro atoms. The fraction of sp³-hybridized carbons (Fsp3) is 0.345. The van der Waals surface area contributed by atoms with Gasteiger partial charge in [-0.15, -0.1) is 0 Å². The lowest BCUT2D eigenvalue weighted by Gasteiger charge is -2.29. The molecule has 5 rings (SSSR count). The number of fused-ring (bicyclic) bond motifs is 1. The van der Waals surface area contributed by atoms with Crippen LogP contribution in [0.5, 0.6) is 5.75 Å². The number of nitrogens with zero attached hydrogens (tertiary/aromatic N) is 1. The van der Waals surface area contributed by atoms with Gasteiger partial charge >= 0.3 is 0 Å². The van der Waals surface area contributed by atoms with Crippen molar-refractivity contribution in [1.82, 2.24) is 0 Å². The summed E-state index contributed by atoms with van der Waals surface area (Å²) in [6.45, 7) is 1.18. The summed E-state index contributed by atoms with van der Waals surface area (Å²) in [5.74, 6) is 0.904. The number of anilines is 2. The standard InChI is InChI=1S/C29H32N2O6S/c1-35-15-16-36-19-37-28-12-10-25(18-27(28)30-38(2,33)34)31-14-13-24-17-23(9-11-26(24)29(31)32)22-7-5-21(6-8-22)20-3-4-20/h5-12,17-18,20,30H,3-4,13-16,19H2,1-2H3. The number of carbonyl (C=O) groups is 1. The Morgan fingerprint density at radius 2 is 1.74 bits per heavy atom. The molecule has 1 aliphatic heterocycles. The minimum atomic E-state index is -3.58. The molecule has 1 aliphatic carbocycles. The van der Waals surface area contributed by atoms with Crippen LogP contribution in [0, 0.1) is 0 Å². The fourth-order valence-corrected chi connectivity index (χ4v) is 5.24. The zero-order valence-corrected chi connectivity index (χ0v) is 22.4. The van der Waals surface area contributed by atoms with Crippen molar-refractivity contribution >= 4 is 27.3 Å². The summed E-state index contributed by atoms with van der Waals surface area (Å²) >= 11 is 0. The first-order chi connectivity index (χ1) is 18.3. The molecule has 1 saturated carbocycles. The summed E-state index contributed by atoms with van der Waals surface area (Å²) in [6, 6.07) is 19.7. The molecule has 3 aromatic rings. The molecule has 0 saturated heterocycles. The minimum Gasteiger partial charge on any atom is -0.465 e. The molecule has 1 fully saturated rings. The van der Waals surface area contributed by atoms with Crippen LogP contribution >= 0.6 is 0 Å². The highest BCUT2D eigenvalue weighted by Crippen LogP contribution is 2.40. The number of carbonyl (C=O) groups excluding carboxylic acids is 1. The fourth-order valence-electron chi connectivity index (χ4n) is 4.68. The maximum atomic E-state index is 13.5. The molecule has 38 heavy (non-hydrogen) atoms. The molecule has 0 atom stereocenters. The van der Waals surface area contributed by atoms with E-state index in [2.05, 4.69) is 35.1 Å². The van der Waals surface area contributed by atoms with Gasteiger partial charge in [0.2, 0.25) is 10.0 Å². The molecule has 1 N–H and O–H groups in total. The van der Waals surface area contributed by atoms with Crippen LogP contribution in [-0.4, -0.2) is 54.2 Å². The lowest BCUT2D eigenvalue weighted by molar-refractivity contribution is -0.00813. The van der Waals surface area contributed by atoms with E-state index in [1.54, 1.807) is 30.2 Å². The summed E-state index contributed by atoms with van der Waals surface area (Å²) in [5.41, 5.74) is 6.13. The molecular weight excluding hydrogens is 504 g/mol. The molecule has 3 aromatic carbocycles. The van der Waals surface area contributed by atoms with Gasteiger partial charge < -0.3 is 19.1 Å². The lowest BCUT2D eigenvalue weighted by Crippen LogP contribution is -2.37. The predicted molar refractivity (Wildman–Crippen MR) is 147 cm³/mol. The van der Waals surface area contributed by atoms with Gasteiger partial charge in [0.15, 0.2) is 6.79 Å². The van der Waals surface area contributed by atoms with Crippen LogP contribution in [0.4, 0.5) is 11.4 Å². The molecule has 0 unspecified atom stereocenters. The maximum absolute atomic E-state index is 13.5. The van der Waals surface area contributed by atoms with E-state index >= 15 is 0 Å². The summed E-state index contributed by atoms with van der Waals surface area (Å²) in [5, 5.41) is 0. The summed E-state index contributed by atoms with van der Waals surface area (Å²) in [6.07, 6.45) is 4.32. The van der Waals surface area contributed by atoms with Crippen LogP contribution in [0.2, 0.25) is 0 Å². The second-order valence-electron chi connectivity index (χ2n) is 9.69. The minimum absolute atomic E-state index is 0.0667. The Kier molecular flexibility index (Phi) is 7.69. The van der Waals surface area contributed by atoms with Gasteiger partial charge in [0, 0.05) is 24.9 Å². The Morgan fingerprint density at radius 1 is 0.974 bits per heavy atom. The Bertz CT molecular complexity index is 1420. The molecule has 8 nitrogen and oxygen atoms in total. The third-order valence-corrected chi connectivity index (χ3v) is 7.37. The van der Waals surface area contributed by atoms with Crippen molar-refractivity contribution in [2.75, 3.05) is 49.5 Å². The predicted octanol–water partition coefficient (Wildman–Crippen LogP) is 4.80. The first-order valence-electron chi connectivity index (χ1n) is 12.7. The normalized spacial score (nSPS) is 15.3. The molecular formula is C29H32N2O6S. The number of benzene rings is 3. The summed E-state index contributed by atoms with van der Waals surface area (Å²) in [7, 11) is -2.01. The third kappa shape index (κ3) is 6.18. The molecule has 0 bridgehead atoms. The van der Waals surface area contributed by atoms with Crippen LogP contribution < -0.4 is 14.4 Å². The van der Waals surface area contributed by atoms with Crippen LogP contribution in [-0.2, 0) is 25.9 Å². The number of hydrogen-bond acceptors (Lipinski definition) is 6. The number of hydrogen-bond donors (Lipinski definition) is 1. The topological polar surface area (TPSA) is 94.2 Å². The molecule has 1 amide bonds. The summed E-state index contributed by atoms with van der Waals surface area (Å²) in [4.78, 5) is 15.1. The molecule has 9 heteroatoms. The van der Waals surface area contributed by atoms with E-state index in [1.165, 1.54) is 18.4 Å². The maximum Gasteiger partial charge on any atom is 0.258 e. The van der Waals surface area contributed by atoms with E-state index in [0.29, 0.717) is 43.2 Å². The molecule has 1 heterocycles. The number of nitrogens with one attached hydrogen (secondary N) is 1.